The van der Waals surface area contributed by atoms with Crippen molar-refractivity contribution in [3.8, 4) is 0 Å². The van der Waals surface area contributed by atoms with Gasteiger partial charge in [0.1, 0.15) is 11.9 Å². The van der Waals surface area contributed by atoms with Crippen molar-refractivity contribution in [2.45, 2.75) is 65.4 Å². The molecule has 0 aromatic rings. The maximum absolute atomic E-state index is 12.3. The van der Waals surface area contributed by atoms with Crippen LogP contribution in [0.25, 0.3) is 0 Å². The van der Waals surface area contributed by atoms with Crippen molar-refractivity contribution in [2.24, 2.45) is 11.3 Å². The Kier molecular flexibility index (Phi) is 4.74. The van der Waals surface area contributed by atoms with Crippen LogP contribution in [-0.4, -0.2) is 25.0 Å². The molecule has 2 rings (SSSR count). The van der Waals surface area contributed by atoms with E-state index in [2.05, 4.69) is 20.8 Å². The number of methoxy groups -OCH3 is 1. The number of Topliss-reactive ketones (excluding diaryl/α,β-unsaturated/α-hetero) is 1. The fraction of sp³-hybridized carbons (Fsp3) is 0.765. The van der Waals surface area contributed by atoms with E-state index in [-0.39, 0.29) is 29.2 Å². The molecular formula is C17H26O4. The number of ketones is 1. The second kappa shape index (κ2) is 6.20. The van der Waals surface area contributed by atoms with Gasteiger partial charge in [0.25, 0.3) is 0 Å². The molecule has 0 saturated carbocycles. The maximum atomic E-state index is 12.3. The molecule has 1 heterocycles. The van der Waals surface area contributed by atoms with E-state index < -0.39 is 0 Å². The summed E-state index contributed by atoms with van der Waals surface area (Å²) in [6, 6.07) is 0. The molecule has 0 saturated heterocycles. The minimum atomic E-state index is -0.342. The molecule has 118 valence electrons. The molecule has 0 unspecified atom stereocenters. The predicted molar refractivity (Wildman–Crippen MR) is 79.6 cm³/mol. The van der Waals surface area contributed by atoms with Crippen LogP contribution in [0.4, 0.5) is 0 Å². The first-order valence-corrected chi connectivity index (χ1v) is 7.87. The minimum Gasteiger partial charge on any atom is -0.493 e. The van der Waals surface area contributed by atoms with Gasteiger partial charge in [-0.05, 0) is 18.3 Å². The summed E-state index contributed by atoms with van der Waals surface area (Å²) in [7, 11) is 1.40. The highest BCUT2D eigenvalue weighted by Gasteiger charge is 2.43. The zero-order valence-corrected chi connectivity index (χ0v) is 13.5. The van der Waals surface area contributed by atoms with Gasteiger partial charge < -0.3 is 9.47 Å². The molecule has 0 radical (unpaired) electrons. The summed E-state index contributed by atoms with van der Waals surface area (Å²) >= 11 is 0. The molecule has 0 fully saturated rings. The van der Waals surface area contributed by atoms with E-state index in [1.165, 1.54) is 7.11 Å². The Hall–Kier alpha value is -1.32. The van der Waals surface area contributed by atoms with E-state index in [4.69, 9.17) is 9.47 Å². The third-order valence-corrected chi connectivity index (χ3v) is 4.46. The normalized spacial score (nSPS) is 27.9. The number of carbonyl (C=O) groups is 2. The molecule has 21 heavy (non-hydrogen) atoms. The lowest BCUT2D eigenvalue weighted by molar-refractivity contribution is -0.152. The highest BCUT2D eigenvalue weighted by Crippen LogP contribution is 2.44. The average molecular weight is 294 g/mol. The third kappa shape index (κ3) is 3.47. The van der Waals surface area contributed by atoms with Crippen LogP contribution in [-0.2, 0) is 19.1 Å². The quantitative estimate of drug-likeness (QED) is 0.746. The molecule has 4 heteroatoms. The summed E-state index contributed by atoms with van der Waals surface area (Å²) < 4.78 is 11.0. The summed E-state index contributed by atoms with van der Waals surface area (Å²) in [6.07, 6.45) is 4.54. The van der Waals surface area contributed by atoms with E-state index in [0.717, 1.165) is 37.0 Å². The van der Waals surface area contributed by atoms with Crippen molar-refractivity contribution in [3.63, 3.8) is 0 Å². The first-order valence-electron chi connectivity index (χ1n) is 7.87. The number of hydrogen-bond acceptors (Lipinski definition) is 4. The Labute approximate surface area is 126 Å². The number of carbonyl (C=O) groups excluding carboxylic acids is 2. The lowest BCUT2D eigenvalue weighted by Gasteiger charge is -2.39. The molecule has 0 spiro atoms. The Balaban J connectivity index is 2.25. The first-order chi connectivity index (χ1) is 9.88. The molecule has 1 aliphatic heterocycles. The second-order valence-electron chi connectivity index (χ2n) is 6.97. The first kappa shape index (κ1) is 16.1. The zero-order chi connectivity index (χ0) is 15.6. The number of ether oxygens (including phenoxy) is 2. The van der Waals surface area contributed by atoms with Gasteiger partial charge in [-0.1, -0.05) is 33.6 Å². The van der Waals surface area contributed by atoms with Gasteiger partial charge in [0.15, 0.2) is 5.78 Å². The fourth-order valence-corrected chi connectivity index (χ4v) is 3.31. The number of allylic oxidation sites excluding steroid dienone is 2. The van der Waals surface area contributed by atoms with Crippen LogP contribution < -0.4 is 0 Å². The van der Waals surface area contributed by atoms with Gasteiger partial charge in [-0.2, -0.15) is 0 Å². The molecule has 2 atom stereocenters. The van der Waals surface area contributed by atoms with Crippen LogP contribution in [0, 0.1) is 11.3 Å². The molecule has 2 aliphatic rings. The van der Waals surface area contributed by atoms with Gasteiger partial charge >= 0.3 is 5.97 Å². The van der Waals surface area contributed by atoms with Crippen LogP contribution in [0.5, 0.6) is 0 Å². The maximum Gasteiger partial charge on any atom is 0.312 e. The van der Waals surface area contributed by atoms with Crippen molar-refractivity contribution < 1.29 is 19.1 Å². The summed E-state index contributed by atoms with van der Waals surface area (Å²) in [5, 5.41) is 0. The number of esters is 1. The lowest BCUT2D eigenvalue weighted by Crippen LogP contribution is -2.40. The topological polar surface area (TPSA) is 52.6 Å². The van der Waals surface area contributed by atoms with Crippen LogP contribution in [0.15, 0.2) is 11.3 Å². The van der Waals surface area contributed by atoms with Crippen molar-refractivity contribution in [3.05, 3.63) is 11.3 Å². The summed E-state index contributed by atoms with van der Waals surface area (Å²) in [4.78, 5) is 24.3. The van der Waals surface area contributed by atoms with Crippen molar-refractivity contribution >= 4 is 11.8 Å². The highest BCUT2D eigenvalue weighted by molar-refractivity contribution is 5.98. The minimum absolute atomic E-state index is 0.0523. The smallest absolute Gasteiger partial charge is 0.312 e. The molecular weight excluding hydrogens is 268 g/mol. The van der Waals surface area contributed by atoms with E-state index in [0.29, 0.717) is 12.8 Å². The molecule has 0 bridgehead atoms. The van der Waals surface area contributed by atoms with Crippen LogP contribution in [0.2, 0.25) is 0 Å². The fourth-order valence-electron chi connectivity index (χ4n) is 3.31. The largest absolute Gasteiger partial charge is 0.493 e. The standard InChI is InChI=1S/C17H26O4/c1-5-6-7-14-12(16(19)20-4)8-11-13(18)9-17(2,3)10-15(11)21-14/h12,14H,5-10H2,1-4H3/t12-,14-/m0/s1. The number of hydrogen-bond donors (Lipinski definition) is 0. The van der Waals surface area contributed by atoms with Gasteiger partial charge in [-0.25, -0.2) is 0 Å². The Morgan fingerprint density at radius 1 is 1.38 bits per heavy atom. The predicted octanol–water partition coefficient (Wildman–Crippen LogP) is 3.40. The van der Waals surface area contributed by atoms with Gasteiger partial charge in [0.05, 0.1) is 13.0 Å². The SMILES string of the molecule is CCCC[C@@H]1OC2=C(C[C@@H]1C(=O)OC)C(=O)CC(C)(C)C2. The molecule has 4 nitrogen and oxygen atoms in total. The Morgan fingerprint density at radius 2 is 2.10 bits per heavy atom. The lowest BCUT2D eigenvalue weighted by atomic mass is 9.73. The highest BCUT2D eigenvalue weighted by atomic mass is 16.5. The third-order valence-electron chi connectivity index (χ3n) is 4.46. The monoisotopic (exact) mass is 294 g/mol. The summed E-state index contributed by atoms with van der Waals surface area (Å²) in [5.74, 6) is 0.340. The van der Waals surface area contributed by atoms with E-state index in [9.17, 15) is 9.59 Å². The van der Waals surface area contributed by atoms with Crippen molar-refractivity contribution in [2.75, 3.05) is 7.11 Å². The Bertz CT molecular complexity index is 461. The summed E-state index contributed by atoms with van der Waals surface area (Å²) in [6.45, 7) is 6.30. The van der Waals surface area contributed by atoms with Crippen LogP contribution in [0.3, 0.4) is 0 Å². The van der Waals surface area contributed by atoms with Gasteiger partial charge in [0.2, 0.25) is 0 Å². The Morgan fingerprint density at radius 3 is 2.71 bits per heavy atom. The van der Waals surface area contributed by atoms with Gasteiger partial charge in [-0.3, -0.25) is 9.59 Å². The van der Waals surface area contributed by atoms with Crippen LogP contribution in [0.1, 0.15) is 59.3 Å². The van der Waals surface area contributed by atoms with Crippen molar-refractivity contribution in [1.82, 2.24) is 0 Å². The average Bonchev–Trinajstić information content (AvgIpc) is 2.42. The number of rotatable bonds is 4. The molecule has 0 amide bonds. The van der Waals surface area contributed by atoms with Crippen molar-refractivity contribution in [1.29, 1.82) is 0 Å². The van der Waals surface area contributed by atoms with E-state index >= 15 is 0 Å². The molecule has 0 N–H and O–H groups in total. The van der Waals surface area contributed by atoms with E-state index in [1.54, 1.807) is 0 Å². The van der Waals surface area contributed by atoms with Crippen LogP contribution >= 0.6 is 0 Å². The molecule has 0 aromatic carbocycles. The molecule has 1 aliphatic carbocycles. The summed E-state index contributed by atoms with van der Waals surface area (Å²) in [5.41, 5.74) is 0.668. The number of unbranched alkanes of at least 4 members (excludes halogenated alkanes) is 1. The second-order valence-corrected chi connectivity index (χ2v) is 6.97. The van der Waals surface area contributed by atoms with Gasteiger partial charge in [0, 0.05) is 18.4 Å². The van der Waals surface area contributed by atoms with Gasteiger partial charge in [-0.15, -0.1) is 0 Å². The van der Waals surface area contributed by atoms with E-state index in [1.807, 2.05) is 0 Å². The molecule has 0 aromatic heterocycles. The zero-order valence-electron chi connectivity index (χ0n) is 13.5.